The minimum absolute atomic E-state index is 0.0347. The third-order valence-corrected chi connectivity index (χ3v) is 1.74. The summed E-state index contributed by atoms with van der Waals surface area (Å²) in [6.07, 6.45) is 0. The van der Waals surface area contributed by atoms with Crippen LogP contribution in [0.5, 0.6) is 0 Å². The van der Waals surface area contributed by atoms with E-state index in [9.17, 15) is 4.79 Å². The number of carbonyl (C=O) groups is 1. The van der Waals surface area contributed by atoms with Gasteiger partial charge in [-0.2, -0.15) is 0 Å². The van der Waals surface area contributed by atoms with Gasteiger partial charge in [0.25, 0.3) is 5.91 Å². The SMILES string of the molecule is NCNC(=O)c1cc(N)cc(N)c1N. The van der Waals surface area contributed by atoms with Gasteiger partial charge in [-0.3, -0.25) is 4.79 Å². The Balaban J connectivity index is 3.13. The van der Waals surface area contributed by atoms with E-state index in [0.29, 0.717) is 5.69 Å². The van der Waals surface area contributed by atoms with Crippen molar-refractivity contribution in [3.63, 3.8) is 0 Å². The predicted octanol–water partition coefficient (Wildman–Crippen LogP) is -0.921. The number of nitrogens with one attached hydrogen (secondary N) is 1. The van der Waals surface area contributed by atoms with Crippen molar-refractivity contribution in [1.82, 2.24) is 5.32 Å². The van der Waals surface area contributed by atoms with Crippen molar-refractivity contribution in [2.45, 2.75) is 0 Å². The van der Waals surface area contributed by atoms with E-state index < -0.39 is 0 Å². The highest BCUT2D eigenvalue weighted by molar-refractivity contribution is 6.02. The van der Waals surface area contributed by atoms with E-state index in [1.807, 2.05) is 0 Å². The fourth-order valence-corrected chi connectivity index (χ4v) is 1.07. The van der Waals surface area contributed by atoms with Gasteiger partial charge in [-0.15, -0.1) is 0 Å². The van der Waals surface area contributed by atoms with Crippen LogP contribution in [0, 0.1) is 0 Å². The van der Waals surface area contributed by atoms with Gasteiger partial charge < -0.3 is 28.3 Å². The number of carbonyl (C=O) groups excluding carboxylic acids is 1. The molecular weight excluding hydrogens is 182 g/mol. The Morgan fingerprint density at radius 3 is 2.50 bits per heavy atom. The first kappa shape index (κ1) is 10.1. The Hall–Kier alpha value is -1.95. The maximum absolute atomic E-state index is 11.4. The molecular formula is C8H13N5O. The average Bonchev–Trinajstić information content (AvgIpc) is 2.11. The highest BCUT2D eigenvalue weighted by Gasteiger charge is 2.11. The number of amides is 1. The Labute approximate surface area is 81.2 Å². The van der Waals surface area contributed by atoms with Gasteiger partial charge in [-0.05, 0) is 12.1 Å². The normalized spacial score (nSPS) is 9.79. The second-order valence-electron chi connectivity index (χ2n) is 2.78. The van der Waals surface area contributed by atoms with Crippen LogP contribution in [-0.2, 0) is 0 Å². The molecule has 0 radical (unpaired) electrons. The summed E-state index contributed by atoms with van der Waals surface area (Å²) >= 11 is 0. The van der Waals surface area contributed by atoms with Gasteiger partial charge >= 0.3 is 0 Å². The molecule has 0 aliphatic heterocycles. The van der Waals surface area contributed by atoms with E-state index in [1.165, 1.54) is 12.1 Å². The lowest BCUT2D eigenvalue weighted by Gasteiger charge is -2.09. The molecule has 0 bridgehead atoms. The molecule has 0 unspecified atom stereocenters. The molecule has 0 spiro atoms. The molecule has 0 saturated heterocycles. The Kier molecular flexibility index (Phi) is 2.78. The summed E-state index contributed by atoms with van der Waals surface area (Å²) in [6, 6.07) is 2.95. The fourth-order valence-electron chi connectivity index (χ4n) is 1.07. The minimum atomic E-state index is -0.385. The van der Waals surface area contributed by atoms with Crippen molar-refractivity contribution in [2.75, 3.05) is 23.9 Å². The zero-order valence-electron chi connectivity index (χ0n) is 7.58. The van der Waals surface area contributed by atoms with E-state index in [-0.39, 0.29) is 29.5 Å². The smallest absolute Gasteiger partial charge is 0.254 e. The summed E-state index contributed by atoms with van der Waals surface area (Å²) in [7, 11) is 0. The van der Waals surface area contributed by atoms with Gasteiger partial charge in [0.05, 0.1) is 23.6 Å². The number of nitrogens with two attached hydrogens (primary N) is 4. The Bertz CT molecular complexity index is 363. The first-order chi connectivity index (χ1) is 6.56. The first-order valence-corrected chi connectivity index (χ1v) is 3.99. The molecule has 0 fully saturated rings. The van der Waals surface area contributed by atoms with E-state index in [0.717, 1.165) is 0 Å². The molecule has 0 atom stereocenters. The second-order valence-corrected chi connectivity index (χ2v) is 2.78. The van der Waals surface area contributed by atoms with Crippen LogP contribution >= 0.6 is 0 Å². The number of hydrogen-bond donors (Lipinski definition) is 5. The molecule has 0 saturated carbocycles. The fraction of sp³-hybridized carbons (Fsp3) is 0.125. The lowest BCUT2D eigenvalue weighted by Crippen LogP contribution is -2.30. The van der Waals surface area contributed by atoms with Crippen molar-refractivity contribution in [1.29, 1.82) is 0 Å². The third-order valence-electron chi connectivity index (χ3n) is 1.74. The van der Waals surface area contributed by atoms with E-state index in [2.05, 4.69) is 5.32 Å². The number of rotatable bonds is 2. The summed E-state index contributed by atoms with van der Waals surface area (Å²) in [4.78, 5) is 11.4. The van der Waals surface area contributed by atoms with Crippen LogP contribution in [0.3, 0.4) is 0 Å². The van der Waals surface area contributed by atoms with E-state index >= 15 is 0 Å². The number of benzene rings is 1. The molecule has 14 heavy (non-hydrogen) atoms. The first-order valence-electron chi connectivity index (χ1n) is 3.99. The van der Waals surface area contributed by atoms with Gasteiger partial charge in [0, 0.05) is 5.69 Å². The van der Waals surface area contributed by atoms with Crippen LogP contribution in [-0.4, -0.2) is 12.6 Å². The summed E-state index contributed by atoms with van der Waals surface area (Å²) in [5, 5.41) is 2.40. The van der Waals surface area contributed by atoms with Gasteiger partial charge in [0.15, 0.2) is 0 Å². The molecule has 0 aliphatic rings. The zero-order chi connectivity index (χ0) is 10.7. The topological polar surface area (TPSA) is 133 Å². The van der Waals surface area contributed by atoms with Crippen LogP contribution in [0.25, 0.3) is 0 Å². The molecule has 1 aromatic rings. The van der Waals surface area contributed by atoms with Crippen LogP contribution in [0.1, 0.15) is 10.4 Å². The molecule has 6 heteroatoms. The lowest BCUT2D eigenvalue weighted by atomic mass is 10.1. The largest absolute Gasteiger partial charge is 0.399 e. The van der Waals surface area contributed by atoms with E-state index in [1.54, 1.807) is 0 Å². The minimum Gasteiger partial charge on any atom is -0.399 e. The maximum Gasteiger partial charge on any atom is 0.254 e. The van der Waals surface area contributed by atoms with Crippen molar-refractivity contribution < 1.29 is 4.79 Å². The molecule has 0 heterocycles. The number of anilines is 3. The Morgan fingerprint density at radius 1 is 1.29 bits per heavy atom. The molecule has 9 N–H and O–H groups in total. The van der Waals surface area contributed by atoms with Crippen LogP contribution in [0.2, 0.25) is 0 Å². The molecule has 1 amide bonds. The molecule has 0 aromatic heterocycles. The molecule has 76 valence electrons. The maximum atomic E-state index is 11.4. The summed E-state index contributed by atoms with van der Waals surface area (Å²) in [5.41, 5.74) is 22.9. The second kappa shape index (κ2) is 3.84. The van der Waals surface area contributed by atoms with Gasteiger partial charge in [0.2, 0.25) is 0 Å². The standard InChI is InChI=1S/C8H13N5O/c9-3-13-8(14)5-1-4(10)2-6(11)7(5)12/h1-2H,3,9-12H2,(H,13,14). The number of nitrogen functional groups attached to an aromatic ring is 3. The van der Waals surface area contributed by atoms with E-state index in [4.69, 9.17) is 22.9 Å². The highest BCUT2D eigenvalue weighted by Crippen LogP contribution is 2.23. The zero-order valence-corrected chi connectivity index (χ0v) is 7.58. The quantitative estimate of drug-likeness (QED) is 0.307. The summed E-state index contributed by atoms with van der Waals surface area (Å²) in [6.45, 7) is 0.0347. The predicted molar refractivity (Wildman–Crippen MR) is 56.2 cm³/mol. The highest BCUT2D eigenvalue weighted by atomic mass is 16.1. The van der Waals surface area contributed by atoms with Crippen molar-refractivity contribution in [3.8, 4) is 0 Å². The number of hydrogen-bond acceptors (Lipinski definition) is 5. The molecule has 1 rings (SSSR count). The van der Waals surface area contributed by atoms with Gasteiger partial charge in [-0.1, -0.05) is 0 Å². The third kappa shape index (κ3) is 1.86. The molecule has 0 aliphatic carbocycles. The van der Waals surface area contributed by atoms with Gasteiger partial charge in [0.1, 0.15) is 0 Å². The van der Waals surface area contributed by atoms with Crippen LogP contribution < -0.4 is 28.3 Å². The monoisotopic (exact) mass is 195 g/mol. The van der Waals surface area contributed by atoms with Crippen LogP contribution in [0.4, 0.5) is 17.1 Å². The lowest BCUT2D eigenvalue weighted by molar-refractivity contribution is 0.0956. The Morgan fingerprint density at radius 2 is 1.93 bits per heavy atom. The van der Waals surface area contributed by atoms with Crippen LogP contribution in [0.15, 0.2) is 12.1 Å². The van der Waals surface area contributed by atoms with Crippen molar-refractivity contribution in [2.24, 2.45) is 5.73 Å². The van der Waals surface area contributed by atoms with Crippen molar-refractivity contribution >= 4 is 23.0 Å². The molecule has 6 nitrogen and oxygen atoms in total. The summed E-state index contributed by atoms with van der Waals surface area (Å²) < 4.78 is 0. The van der Waals surface area contributed by atoms with Crippen molar-refractivity contribution in [3.05, 3.63) is 17.7 Å². The molecule has 1 aromatic carbocycles. The van der Waals surface area contributed by atoms with Gasteiger partial charge in [-0.25, -0.2) is 0 Å². The summed E-state index contributed by atoms with van der Waals surface area (Å²) in [5.74, 6) is -0.385. The average molecular weight is 195 g/mol.